The van der Waals surface area contributed by atoms with Crippen LogP contribution < -0.4 is 4.84 Å². The summed E-state index contributed by atoms with van der Waals surface area (Å²) >= 11 is 0. The molecule has 154 valence electrons. The Morgan fingerprint density at radius 3 is 2.45 bits per heavy atom. The fraction of sp³-hybridized carbons (Fsp3) is 0.400. The molecule has 1 aliphatic rings. The highest BCUT2D eigenvalue weighted by atomic mass is 16.7. The molecule has 1 aliphatic heterocycles. The molecule has 0 bridgehead atoms. The number of rotatable bonds is 3. The van der Waals surface area contributed by atoms with Crippen molar-refractivity contribution in [3.8, 4) is 0 Å². The van der Waals surface area contributed by atoms with Gasteiger partial charge in [0.25, 0.3) is 0 Å². The number of carbonyl (C=O) groups is 3. The molecule has 2 heterocycles. The van der Waals surface area contributed by atoms with Crippen LogP contribution in [0.1, 0.15) is 43.3 Å². The van der Waals surface area contributed by atoms with E-state index in [9.17, 15) is 14.4 Å². The molecule has 0 aliphatic carbocycles. The average Bonchev–Trinajstić information content (AvgIpc) is 3.07. The zero-order chi connectivity index (χ0) is 21.2. The van der Waals surface area contributed by atoms with Gasteiger partial charge in [-0.15, -0.1) is 0 Å². The Bertz CT molecular complexity index is 927. The first-order chi connectivity index (χ1) is 13.6. The Labute approximate surface area is 167 Å². The summed E-state index contributed by atoms with van der Waals surface area (Å²) in [5.74, 6) is -2.28. The largest absolute Gasteiger partial charge is 0.465 e. The van der Waals surface area contributed by atoms with Crippen LogP contribution in [0.5, 0.6) is 0 Å². The van der Waals surface area contributed by atoms with Crippen LogP contribution in [0.2, 0.25) is 0 Å². The van der Waals surface area contributed by atoms with Crippen molar-refractivity contribution in [3.05, 3.63) is 53.1 Å². The molecule has 3 rings (SSSR count). The van der Waals surface area contributed by atoms with Crippen LogP contribution in [0.4, 0.5) is 4.79 Å². The second-order valence-corrected chi connectivity index (χ2v) is 7.82. The predicted octanol–water partition coefficient (Wildman–Crippen LogP) is 1.92. The highest BCUT2D eigenvalue weighted by molar-refractivity contribution is 6.29. The lowest BCUT2D eigenvalue weighted by molar-refractivity contribution is -0.168. The van der Waals surface area contributed by atoms with Crippen LogP contribution in [0, 0.1) is 0 Å². The SMILES string of the molecule is CC(C)(C)c1ccc(COC(=O)C(=O)On2cnc3c2CCN(C(=O)O)C3)cc1. The number of benzene rings is 1. The number of amides is 1. The molecule has 0 fully saturated rings. The van der Waals surface area contributed by atoms with Gasteiger partial charge in [-0.05, 0) is 16.5 Å². The highest BCUT2D eigenvalue weighted by Gasteiger charge is 2.27. The van der Waals surface area contributed by atoms with Crippen LogP contribution in [0.25, 0.3) is 0 Å². The molecule has 0 saturated carbocycles. The summed E-state index contributed by atoms with van der Waals surface area (Å²) in [6.07, 6.45) is 0.526. The number of esters is 1. The van der Waals surface area contributed by atoms with E-state index in [-0.39, 0.29) is 25.1 Å². The first kappa shape index (κ1) is 20.4. The zero-order valence-corrected chi connectivity index (χ0v) is 16.5. The van der Waals surface area contributed by atoms with Crippen molar-refractivity contribution in [1.29, 1.82) is 0 Å². The Balaban J connectivity index is 1.55. The van der Waals surface area contributed by atoms with Crippen molar-refractivity contribution in [1.82, 2.24) is 14.6 Å². The first-order valence-electron chi connectivity index (χ1n) is 9.17. The maximum Gasteiger partial charge on any atom is 0.442 e. The van der Waals surface area contributed by atoms with Gasteiger partial charge in [0, 0.05) is 13.0 Å². The Morgan fingerprint density at radius 1 is 1.14 bits per heavy atom. The van der Waals surface area contributed by atoms with Gasteiger partial charge in [0.15, 0.2) is 0 Å². The standard InChI is InChI=1S/C20H23N3O6/c1-20(2,3)14-6-4-13(5-7-14)11-28-17(24)18(25)29-23-12-21-15-10-22(19(26)27)9-8-16(15)23/h4-7,12H,8-11H2,1-3H3,(H,26,27). The quantitative estimate of drug-likeness (QED) is 0.618. The summed E-state index contributed by atoms with van der Waals surface area (Å²) in [5.41, 5.74) is 2.97. The van der Waals surface area contributed by atoms with Gasteiger partial charge in [-0.2, -0.15) is 4.73 Å². The van der Waals surface area contributed by atoms with E-state index < -0.39 is 18.0 Å². The summed E-state index contributed by atoms with van der Waals surface area (Å²) in [4.78, 5) is 45.3. The fourth-order valence-corrected chi connectivity index (χ4v) is 2.96. The monoisotopic (exact) mass is 401 g/mol. The second-order valence-electron chi connectivity index (χ2n) is 7.82. The van der Waals surface area contributed by atoms with Crippen molar-refractivity contribution in [3.63, 3.8) is 0 Å². The summed E-state index contributed by atoms with van der Waals surface area (Å²) in [7, 11) is 0. The molecule has 29 heavy (non-hydrogen) atoms. The number of carboxylic acid groups (broad SMARTS) is 1. The van der Waals surface area contributed by atoms with Crippen LogP contribution in [-0.4, -0.2) is 44.3 Å². The van der Waals surface area contributed by atoms with Gasteiger partial charge >= 0.3 is 18.0 Å². The van der Waals surface area contributed by atoms with Gasteiger partial charge in [0.05, 0.1) is 17.9 Å². The minimum atomic E-state index is -1.17. The summed E-state index contributed by atoms with van der Waals surface area (Å²) in [6, 6.07) is 7.61. The minimum Gasteiger partial charge on any atom is -0.465 e. The molecule has 0 unspecified atom stereocenters. The van der Waals surface area contributed by atoms with Crippen LogP contribution in [0.3, 0.4) is 0 Å². The molecule has 1 aromatic heterocycles. The lowest BCUT2D eigenvalue weighted by Crippen LogP contribution is -2.36. The number of carbonyl (C=O) groups excluding carboxylic acids is 2. The Hall–Kier alpha value is -3.36. The van der Waals surface area contributed by atoms with E-state index in [1.54, 1.807) is 0 Å². The van der Waals surface area contributed by atoms with E-state index in [0.717, 1.165) is 15.9 Å². The highest BCUT2D eigenvalue weighted by Crippen LogP contribution is 2.22. The van der Waals surface area contributed by atoms with Crippen LogP contribution in [0.15, 0.2) is 30.6 Å². The van der Waals surface area contributed by atoms with E-state index in [0.29, 0.717) is 17.8 Å². The van der Waals surface area contributed by atoms with Crippen molar-refractivity contribution in [2.24, 2.45) is 0 Å². The molecule has 1 amide bonds. The molecule has 1 N–H and O–H groups in total. The zero-order valence-electron chi connectivity index (χ0n) is 16.5. The number of nitrogens with zero attached hydrogens (tertiary/aromatic N) is 3. The maximum atomic E-state index is 12.0. The fourth-order valence-electron chi connectivity index (χ4n) is 2.96. The summed E-state index contributed by atoms with van der Waals surface area (Å²) in [5, 5.41) is 9.04. The van der Waals surface area contributed by atoms with E-state index >= 15 is 0 Å². The van der Waals surface area contributed by atoms with Gasteiger partial charge in [-0.25, -0.2) is 19.4 Å². The second kappa shape index (κ2) is 7.94. The number of imidazole rings is 1. The Morgan fingerprint density at radius 2 is 1.83 bits per heavy atom. The number of aromatic nitrogens is 2. The summed E-state index contributed by atoms with van der Waals surface area (Å²) < 4.78 is 6.12. The van der Waals surface area contributed by atoms with Crippen molar-refractivity contribution in [2.45, 2.75) is 45.8 Å². The number of hydrogen-bond acceptors (Lipinski definition) is 6. The van der Waals surface area contributed by atoms with Crippen LogP contribution in [-0.2, 0) is 39.3 Å². The van der Waals surface area contributed by atoms with Gasteiger partial charge in [-0.1, -0.05) is 45.0 Å². The molecule has 1 aromatic carbocycles. The van der Waals surface area contributed by atoms with Crippen LogP contribution >= 0.6 is 0 Å². The summed E-state index contributed by atoms with van der Waals surface area (Å²) in [6.45, 7) is 6.61. The molecule has 9 nitrogen and oxygen atoms in total. The van der Waals surface area contributed by atoms with E-state index in [4.69, 9.17) is 14.7 Å². The molecular weight excluding hydrogens is 378 g/mol. The molecule has 0 atom stereocenters. The smallest absolute Gasteiger partial charge is 0.442 e. The third-order valence-electron chi connectivity index (χ3n) is 4.69. The third-order valence-corrected chi connectivity index (χ3v) is 4.69. The Kier molecular flexibility index (Phi) is 5.58. The number of ether oxygens (including phenoxy) is 1. The molecule has 2 aromatic rings. The normalized spacial score (nSPS) is 13.6. The van der Waals surface area contributed by atoms with Gasteiger partial charge in [0.2, 0.25) is 0 Å². The van der Waals surface area contributed by atoms with Crippen molar-refractivity contribution < 1.29 is 29.1 Å². The number of fused-ring (bicyclic) bond motifs is 1. The van der Waals surface area contributed by atoms with E-state index in [1.807, 2.05) is 24.3 Å². The van der Waals surface area contributed by atoms with Crippen molar-refractivity contribution >= 4 is 18.0 Å². The van der Waals surface area contributed by atoms with E-state index in [1.165, 1.54) is 11.2 Å². The number of hydrogen-bond donors (Lipinski definition) is 1. The minimum absolute atomic E-state index is 0.0183. The first-order valence-corrected chi connectivity index (χ1v) is 9.17. The molecule has 0 radical (unpaired) electrons. The third kappa shape index (κ3) is 4.74. The maximum absolute atomic E-state index is 12.0. The molecule has 9 heteroatoms. The molecule has 0 saturated heterocycles. The molecule has 0 spiro atoms. The lowest BCUT2D eigenvalue weighted by Gasteiger charge is -2.23. The lowest BCUT2D eigenvalue weighted by atomic mass is 9.87. The van der Waals surface area contributed by atoms with Gasteiger partial charge in [-0.3, -0.25) is 0 Å². The van der Waals surface area contributed by atoms with E-state index in [2.05, 4.69) is 25.8 Å². The topological polar surface area (TPSA) is 111 Å². The predicted molar refractivity (Wildman–Crippen MR) is 101 cm³/mol. The average molecular weight is 401 g/mol. The van der Waals surface area contributed by atoms with Gasteiger partial charge < -0.3 is 19.6 Å². The van der Waals surface area contributed by atoms with Gasteiger partial charge in [0.1, 0.15) is 12.9 Å². The van der Waals surface area contributed by atoms with Crippen molar-refractivity contribution in [2.75, 3.05) is 6.54 Å². The molecular formula is C20H23N3O6.